The Morgan fingerprint density at radius 1 is 1.42 bits per heavy atom. The van der Waals surface area contributed by atoms with Crippen LogP contribution in [0.2, 0.25) is 5.02 Å². The van der Waals surface area contributed by atoms with Crippen LogP contribution in [0.4, 0.5) is 5.00 Å². The van der Waals surface area contributed by atoms with Crippen LogP contribution in [-0.2, 0) is 0 Å². The van der Waals surface area contributed by atoms with Crippen LogP contribution >= 0.6 is 35.3 Å². The summed E-state index contributed by atoms with van der Waals surface area (Å²) in [5.41, 5.74) is 1.22. The maximum atomic E-state index is 12.8. The number of nitrogens with zero attached hydrogens (tertiary/aromatic N) is 2. The second-order valence-electron chi connectivity index (χ2n) is 5.17. The molecule has 1 aromatic carbocycles. The Kier molecular flexibility index (Phi) is 6.17. The molecule has 0 spiro atoms. The first kappa shape index (κ1) is 18.7. The lowest BCUT2D eigenvalue weighted by atomic mass is 10.0. The van der Waals surface area contributed by atoms with Gasteiger partial charge in [0.1, 0.15) is 0 Å². The van der Waals surface area contributed by atoms with Gasteiger partial charge in [0.05, 0.1) is 16.5 Å². The zero-order valence-electron chi connectivity index (χ0n) is 12.5. The van der Waals surface area contributed by atoms with Gasteiger partial charge in [-0.05, 0) is 11.6 Å². The van der Waals surface area contributed by atoms with Gasteiger partial charge in [-0.25, -0.2) is 0 Å². The largest absolute Gasteiger partial charge is 0.329 e. The highest BCUT2D eigenvalue weighted by molar-refractivity contribution is 7.13. The van der Waals surface area contributed by atoms with E-state index in [-0.39, 0.29) is 29.4 Å². The summed E-state index contributed by atoms with van der Waals surface area (Å²) < 4.78 is 0. The van der Waals surface area contributed by atoms with E-state index in [9.17, 15) is 14.9 Å². The van der Waals surface area contributed by atoms with Gasteiger partial charge in [-0.3, -0.25) is 14.9 Å². The molecule has 24 heavy (non-hydrogen) atoms. The number of benzene rings is 1. The van der Waals surface area contributed by atoms with Gasteiger partial charge < -0.3 is 10.2 Å². The quantitative estimate of drug-likeness (QED) is 0.645. The second kappa shape index (κ2) is 7.94. The summed E-state index contributed by atoms with van der Waals surface area (Å²) in [7, 11) is 0. The molecule has 0 radical (unpaired) electrons. The first-order valence-corrected chi connectivity index (χ1v) is 8.32. The second-order valence-corrected chi connectivity index (χ2v) is 6.47. The van der Waals surface area contributed by atoms with Gasteiger partial charge in [0.25, 0.3) is 5.91 Å². The standard InChI is InChI=1S/C15H14ClN3O3S.ClH/c16-12-4-2-1-3-11(12)13-8-17-5-6-18(13)15(20)10-7-14(19(21)22)23-9-10;/h1-4,7,9,13,17H,5-6,8H2;1H. The van der Waals surface area contributed by atoms with Gasteiger partial charge in [0.2, 0.25) is 0 Å². The lowest BCUT2D eigenvalue weighted by Gasteiger charge is -2.36. The average molecular weight is 388 g/mol. The Balaban J connectivity index is 0.00000208. The maximum absolute atomic E-state index is 12.8. The predicted molar refractivity (Wildman–Crippen MR) is 96.3 cm³/mol. The fourth-order valence-electron chi connectivity index (χ4n) is 2.67. The lowest BCUT2D eigenvalue weighted by Crippen LogP contribution is -2.48. The summed E-state index contributed by atoms with van der Waals surface area (Å²) in [6, 6.07) is 8.56. The molecule has 1 atom stereocenters. The summed E-state index contributed by atoms with van der Waals surface area (Å²) in [6.07, 6.45) is 0. The van der Waals surface area contributed by atoms with Crippen molar-refractivity contribution in [1.29, 1.82) is 0 Å². The fraction of sp³-hybridized carbons (Fsp3) is 0.267. The monoisotopic (exact) mass is 387 g/mol. The van der Waals surface area contributed by atoms with Crippen LogP contribution in [0.15, 0.2) is 35.7 Å². The number of carbonyl (C=O) groups is 1. The smallest absolute Gasteiger partial charge is 0.324 e. The highest BCUT2D eigenvalue weighted by Gasteiger charge is 2.31. The van der Waals surface area contributed by atoms with Crippen molar-refractivity contribution in [2.24, 2.45) is 0 Å². The van der Waals surface area contributed by atoms with E-state index in [1.807, 2.05) is 18.2 Å². The Morgan fingerprint density at radius 3 is 2.83 bits per heavy atom. The summed E-state index contributed by atoms with van der Waals surface area (Å²) >= 11 is 7.23. The van der Waals surface area contributed by atoms with Crippen LogP contribution < -0.4 is 5.32 Å². The third kappa shape index (κ3) is 3.70. The molecule has 2 heterocycles. The molecule has 1 aromatic heterocycles. The number of hydrogen-bond acceptors (Lipinski definition) is 5. The van der Waals surface area contributed by atoms with Crippen LogP contribution in [0.5, 0.6) is 0 Å². The lowest BCUT2D eigenvalue weighted by molar-refractivity contribution is -0.380. The van der Waals surface area contributed by atoms with Gasteiger partial charge in [-0.2, -0.15) is 0 Å². The molecule has 0 bridgehead atoms. The molecule has 1 unspecified atom stereocenters. The van der Waals surface area contributed by atoms with E-state index in [0.717, 1.165) is 16.9 Å². The Morgan fingerprint density at radius 2 is 2.17 bits per heavy atom. The maximum Gasteiger partial charge on any atom is 0.324 e. The van der Waals surface area contributed by atoms with Gasteiger partial charge in [0.15, 0.2) is 0 Å². The normalized spacial score (nSPS) is 17.2. The summed E-state index contributed by atoms with van der Waals surface area (Å²) in [6.45, 7) is 1.80. The predicted octanol–water partition coefficient (Wildman–Crippen LogP) is 3.52. The van der Waals surface area contributed by atoms with Crippen molar-refractivity contribution in [2.45, 2.75) is 6.04 Å². The third-order valence-electron chi connectivity index (χ3n) is 3.78. The van der Waals surface area contributed by atoms with Crippen molar-refractivity contribution < 1.29 is 9.72 Å². The minimum Gasteiger partial charge on any atom is -0.329 e. The Hall–Kier alpha value is -1.67. The van der Waals surface area contributed by atoms with Crippen molar-refractivity contribution in [2.75, 3.05) is 19.6 Å². The number of thiophene rings is 1. The molecule has 1 aliphatic rings. The number of piperazine rings is 1. The van der Waals surface area contributed by atoms with E-state index in [4.69, 9.17) is 11.6 Å². The van der Waals surface area contributed by atoms with Crippen LogP contribution in [-0.4, -0.2) is 35.4 Å². The number of hydrogen-bond donors (Lipinski definition) is 1. The van der Waals surface area contributed by atoms with E-state index < -0.39 is 4.92 Å². The number of halogens is 2. The van der Waals surface area contributed by atoms with Crippen molar-refractivity contribution in [3.63, 3.8) is 0 Å². The van der Waals surface area contributed by atoms with Crippen molar-refractivity contribution in [1.82, 2.24) is 10.2 Å². The Labute approximate surface area is 154 Å². The molecule has 1 saturated heterocycles. The fourth-order valence-corrected chi connectivity index (χ4v) is 3.63. The molecule has 1 N–H and O–H groups in total. The van der Waals surface area contributed by atoms with Crippen LogP contribution in [0.1, 0.15) is 22.0 Å². The van der Waals surface area contributed by atoms with Gasteiger partial charge >= 0.3 is 5.00 Å². The number of amides is 1. The Bertz CT molecular complexity index is 753. The highest BCUT2D eigenvalue weighted by Crippen LogP contribution is 2.31. The summed E-state index contributed by atoms with van der Waals surface area (Å²) in [4.78, 5) is 24.8. The zero-order chi connectivity index (χ0) is 16.4. The molecule has 3 rings (SSSR count). The number of nitrogens with one attached hydrogen (secondary N) is 1. The molecule has 9 heteroatoms. The third-order valence-corrected chi connectivity index (χ3v) is 5.01. The van der Waals surface area contributed by atoms with E-state index in [0.29, 0.717) is 30.2 Å². The number of nitro groups is 1. The van der Waals surface area contributed by atoms with Gasteiger partial charge in [-0.1, -0.05) is 41.1 Å². The number of rotatable bonds is 3. The molecule has 0 aliphatic carbocycles. The minimum atomic E-state index is -0.481. The molecular weight excluding hydrogens is 373 g/mol. The van der Waals surface area contributed by atoms with Gasteiger partial charge in [0, 0.05) is 36.1 Å². The van der Waals surface area contributed by atoms with E-state index in [2.05, 4.69) is 5.32 Å². The van der Waals surface area contributed by atoms with Crippen molar-refractivity contribution in [3.05, 3.63) is 62.0 Å². The van der Waals surface area contributed by atoms with E-state index in [1.54, 1.807) is 11.0 Å². The molecule has 1 aliphatic heterocycles. The topological polar surface area (TPSA) is 75.5 Å². The zero-order valence-corrected chi connectivity index (χ0v) is 14.9. The summed E-state index contributed by atoms with van der Waals surface area (Å²) in [5.74, 6) is -0.208. The molecule has 6 nitrogen and oxygen atoms in total. The van der Waals surface area contributed by atoms with Crippen LogP contribution in [0.25, 0.3) is 0 Å². The first-order chi connectivity index (χ1) is 11.1. The molecule has 0 saturated carbocycles. The average Bonchev–Trinajstić information content (AvgIpc) is 3.05. The molecule has 1 fully saturated rings. The minimum absolute atomic E-state index is 0. The SMILES string of the molecule is Cl.O=C(c1csc([N+](=O)[O-])c1)N1CCNCC1c1ccccc1Cl. The first-order valence-electron chi connectivity index (χ1n) is 7.07. The van der Waals surface area contributed by atoms with Crippen LogP contribution in [0.3, 0.4) is 0 Å². The van der Waals surface area contributed by atoms with Gasteiger partial charge in [-0.15, -0.1) is 12.4 Å². The van der Waals surface area contributed by atoms with E-state index >= 15 is 0 Å². The van der Waals surface area contributed by atoms with Crippen molar-refractivity contribution in [3.8, 4) is 0 Å². The molecule has 128 valence electrons. The molecular formula is C15H15Cl2N3O3S. The molecule has 2 aromatic rings. The van der Waals surface area contributed by atoms with Crippen molar-refractivity contribution >= 4 is 46.3 Å². The number of carbonyl (C=O) groups excluding carboxylic acids is 1. The van der Waals surface area contributed by atoms with Crippen LogP contribution in [0, 0.1) is 10.1 Å². The molecule has 1 amide bonds. The van der Waals surface area contributed by atoms with E-state index in [1.165, 1.54) is 11.4 Å². The highest BCUT2D eigenvalue weighted by atomic mass is 35.5. The summed E-state index contributed by atoms with van der Waals surface area (Å²) in [5, 5.41) is 16.2.